The molecule has 6 rings (SSSR count). The molecule has 1 spiro atoms. The van der Waals surface area contributed by atoms with E-state index in [1.165, 1.54) is 0 Å². The maximum absolute atomic E-state index is 13.1. The fourth-order valence-corrected chi connectivity index (χ4v) is 6.19. The molecule has 1 unspecified atom stereocenters. The Kier molecular flexibility index (Phi) is 5.48. The van der Waals surface area contributed by atoms with E-state index >= 15 is 0 Å². The van der Waals surface area contributed by atoms with E-state index in [2.05, 4.69) is 15.1 Å². The van der Waals surface area contributed by atoms with Gasteiger partial charge < -0.3 is 14.7 Å². The number of piperidine rings is 2. The van der Waals surface area contributed by atoms with Crippen molar-refractivity contribution in [3.63, 3.8) is 0 Å². The average molecular weight is 498 g/mol. The number of carbonyl (C=O) groups is 4. The number of anilines is 1. The van der Waals surface area contributed by atoms with E-state index in [0.29, 0.717) is 42.9 Å². The SMILES string of the molecule is [C-]#[N+]c1cccc(C(=O)N2CCC3(CC2)CN(c2cccc4c2CN(C2CCC(=O)NC2=O)C4=O)C3)c1. The topological polar surface area (TPSA) is 94.4 Å². The number of carbonyl (C=O) groups excluding carboxylic acids is 4. The Morgan fingerprint density at radius 2 is 1.81 bits per heavy atom. The van der Waals surface area contributed by atoms with Crippen LogP contribution in [0.3, 0.4) is 0 Å². The van der Waals surface area contributed by atoms with Crippen LogP contribution in [0.1, 0.15) is 52.0 Å². The van der Waals surface area contributed by atoms with Gasteiger partial charge in [0.2, 0.25) is 11.8 Å². The number of nitrogens with one attached hydrogen (secondary N) is 1. The molecular weight excluding hydrogens is 470 g/mol. The van der Waals surface area contributed by atoms with Gasteiger partial charge in [-0.1, -0.05) is 24.3 Å². The summed E-state index contributed by atoms with van der Waals surface area (Å²) in [5.41, 5.74) is 3.78. The molecule has 0 bridgehead atoms. The summed E-state index contributed by atoms with van der Waals surface area (Å²) < 4.78 is 0. The monoisotopic (exact) mass is 497 g/mol. The van der Waals surface area contributed by atoms with Crippen LogP contribution < -0.4 is 10.2 Å². The maximum atomic E-state index is 13.1. The van der Waals surface area contributed by atoms with Crippen LogP contribution in [0.4, 0.5) is 11.4 Å². The highest BCUT2D eigenvalue weighted by Gasteiger charge is 2.47. The smallest absolute Gasteiger partial charge is 0.255 e. The Labute approximate surface area is 214 Å². The van der Waals surface area contributed by atoms with E-state index < -0.39 is 11.9 Å². The highest BCUT2D eigenvalue weighted by atomic mass is 16.2. The number of hydrogen-bond donors (Lipinski definition) is 1. The van der Waals surface area contributed by atoms with Gasteiger partial charge in [-0.25, -0.2) is 4.85 Å². The molecule has 0 aliphatic carbocycles. The third-order valence-electron chi connectivity index (χ3n) is 8.28. The third-order valence-corrected chi connectivity index (χ3v) is 8.28. The van der Waals surface area contributed by atoms with Crippen LogP contribution in [0, 0.1) is 12.0 Å². The molecular formula is C28H27N5O4. The molecule has 9 heteroatoms. The van der Waals surface area contributed by atoms with E-state index in [1.54, 1.807) is 29.2 Å². The first-order valence-electron chi connectivity index (χ1n) is 12.7. The van der Waals surface area contributed by atoms with Gasteiger partial charge in [0.15, 0.2) is 5.69 Å². The molecule has 3 saturated heterocycles. The van der Waals surface area contributed by atoms with Gasteiger partial charge in [0.25, 0.3) is 11.8 Å². The Bertz CT molecular complexity index is 1360. The van der Waals surface area contributed by atoms with Crippen molar-refractivity contribution in [2.75, 3.05) is 31.1 Å². The summed E-state index contributed by atoms with van der Waals surface area (Å²) in [4.78, 5) is 59.3. The van der Waals surface area contributed by atoms with Crippen molar-refractivity contribution < 1.29 is 19.2 Å². The van der Waals surface area contributed by atoms with Crippen molar-refractivity contribution in [3.05, 3.63) is 70.6 Å². The van der Waals surface area contributed by atoms with E-state index in [4.69, 9.17) is 6.57 Å². The summed E-state index contributed by atoms with van der Waals surface area (Å²) in [7, 11) is 0. The van der Waals surface area contributed by atoms with Gasteiger partial charge in [0, 0.05) is 66.9 Å². The Hall–Kier alpha value is -4.19. The number of imide groups is 1. The number of amides is 4. The van der Waals surface area contributed by atoms with Gasteiger partial charge in [0.1, 0.15) is 6.04 Å². The summed E-state index contributed by atoms with van der Waals surface area (Å²) in [6.45, 7) is 10.6. The van der Waals surface area contributed by atoms with Crippen LogP contribution >= 0.6 is 0 Å². The molecule has 188 valence electrons. The second-order valence-electron chi connectivity index (χ2n) is 10.5. The van der Waals surface area contributed by atoms with Crippen molar-refractivity contribution in [2.24, 2.45) is 5.41 Å². The predicted molar refractivity (Wildman–Crippen MR) is 135 cm³/mol. The van der Waals surface area contributed by atoms with E-state index in [9.17, 15) is 19.2 Å². The Morgan fingerprint density at radius 3 is 2.54 bits per heavy atom. The highest BCUT2D eigenvalue weighted by Crippen LogP contribution is 2.45. The fourth-order valence-electron chi connectivity index (χ4n) is 6.19. The Morgan fingerprint density at radius 1 is 1.05 bits per heavy atom. The quantitative estimate of drug-likeness (QED) is 0.520. The first-order valence-corrected chi connectivity index (χ1v) is 12.7. The number of rotatable bonds is 3. The van der Waals surface area contributed by atoms with Gasteiger partial charge in [-0.3, -0.25) is 24.5 Å². The fraction of sp³-hybridized carbons (Fsp3) is 0.393. The maximum Gasteiger partial charge on any atom is 0.255 e. The molecule has 4 aliphatic rings. The van der Waals surface area contributed by atoms with Crippen molar-refractivity contribution in [3.8, 4) is 0 Å². The van der Waals surface area contributed by atoms with Gasteiger partial charge in [-0.2, -0.15) is 0 Å². The zero-order valence-corrected chi connectivity index (χ0v) is 20.4. The van der Waals surface area contributed by atoms with E-state index in [-0.39, 0.29) is 29.6 Å². The molecule has 2 aromatic rings. The molecule has 37 heavy (non-hydrogen) atoms. The molecule has 9 nitrogen and oxygen atoms in total. The first kappa shape index (κ1) is 23.2. The summed E-state index contributed by atoms with van der Waals surface area (Å²) in [5.74, 6) is -0.870. The van der Waals surface area contributed by atoms with Gasteiger partial charge in [-0.15, -0.1) is 0 Å². The number of benzene rings is 2. The van der Waals surface area contributed by atoms with Crippen molar-refractivity contribution in [1.82, 2.24) is 15.1 Å². The van der Waals surface area contributed by atoms with Gasteiger partial charge in [0.05, 0.1) is 6.57 Å². The van der Waals surface area contributed by atoms with Gasteiger partial charge in [-0.05, 0) is 37.5 Å². The lowest BCUT2D eigenvalue weighted by molar-refractivity contribution is -0.136. The molecule has 4 heterocycles. The molecule has 1 atom stereocenters. The molecule has 2 aromatic carbocycles. The molecule has 4 aliphatic heterocycles. The first-order chi connectivity index (χ1) is 17.9. The molecule has 4 amide bonds. The Balaban J connectivity index is 1.11. The summed E-state index contributed by atoms with van der Waals surface area (Å²) >= 11 is 0. The molecule has 0 radical (unpaired) electrons. The van der Waals surface area contributed by atoms with E-state index in [1.807, 2.05) is 23.1 Å². The lowest BCUT2D eigenvalue weighted by Crippen LogP contribution is -2.61. The molecule has 1 N–H and O–H groups in total. The van der Waals surface area contributed by atoms with Crippen molar-refractivity contribution in [2.45, 2.75) is 38.3 Å². The van der Waals surface area contributed by atoms with Gasteiger partial charge >= 0.3 is 0 Å². The number of nitrogens with zero attached hydrogens (tertiary/aromatic N) is 4. The average Bonchev–Trinajstić information content (AvgIpc) is 3.23. The molecule has 0 aromatic heterocycles. The van der Waals surface area contributed by atoms with Crippen LogP contribution in [-0.2, 0) is 16.1 Å². The highest BCUT2D eigenvalue weighted by molar-refractivity contribution is 6.06. The minimum Gasteiger partial charge on any atom is -0.370 e. The zero-order chi connectivity index (χ0) is 25.7. The van der Waals surface area contributed by atoms with Crippen molar-refractivity contribution >= 4 is 35.0 Å². The standard InChI is InChI=1S/C28H27N5O4/c1-29-19-5-2-4-18(14-19)26(36)31-12-10-28(11-13-31)16-32(17-28)22-7-3-6-20-21(22)15-33(27(20)37)23-8-9-24(34)30-25(23)35/h2-7,14,23H,8-13,15-17H2,(H,30,34,35). The normalized spacial score (nSPS) is 22.4. The minimum atomic E-state index is -0.620. The zero-order valence-electron chi connectivity index (χ0n) is 20.4. The number of hydrogen-bond acceptors (Lipinski definition) is 5. The van der Waals surface area contributed by atoms with Crippen LogP contribution in [-0.4, -0.2) is 65.6 Å². The third kappa shape index (κ3) is 3.93. The number of likely N-dealkylation sites (tertiary alicyclic amines) is 1. The van der Waals surface area contributed by atoms with E-state index in [0.717, 1.165) is 37.2 Å². The van der Waals surface area contributed by atoms with Crippen molar-refractivity contribution in [1.29, 1.82) is 0 Å². The minimum absolute atomic E-state index is 0.0236. The summed E-state index contributed by atoms with van der Waals surface area (Å²) in [5, 5.41) is 2.36. The van der Waals surface area contributed by atoms with Crippen LogP contribution in [0.2, 0.25) is 0 Å². The largest absolute Gasteiger partial charge is 0.370 e. The predicted octanol–water partition coefficient (Wildman–Crippen LogP) is 2.74. The number of fused-ring (bicyclic) bond motifs is 1. The molecule has 3 fully saturated rings. The molecule has 0 saturated carbocycles. The lowest BCUT2D eigenvalue weighted by Gasteiger charge is -2.55. The van der Waals surface area contributed by atoms with Crippen LogP contribution in [0.15, 0.2) is 42.5 Å². The van der Waals surface area contributed by atoms with Crippen LogP contribution in [0.5, 0.6) is 0 Å². The second kappa shape index (κ2) is 8.73. The summed E-state index contributed by atoms with van der Waals surface area (Å²) in [6, 6.07) is 12.0. The second-order valence-corrected chi connectivity index (χ2v) is 10.5. The lowest BCUT2D eigenvalue weighted by atomic mass is 9.71. The summed E-state index contributed by atoms with van der Waals surface area (Å²) in [6.07, 6.45) is 2.41. The van der Waals surface area contributed by atoms with Crippen LogP contribution in [0.25, 0.3) is 4.85 Å².